The van der Waals surface area contributed by atoms with Gasteiger partial charge in [0.25, 0.3) is 6.29 Å². The van der Waals surface area contributed by atoms with Gasteiger partial charge in [-0.15, -0.1) is 0 Å². The number of fused-ring (bicyclic) bond motifs is 1. The van der Waals surface area contributed by atoms with Crippen LogP contribution in [-0.4, -0.2) is 66.6 Å². The quantitative estimate of drug-likeness (QED) is 0.217. The van der Waals surface area contributed by atoms with Crippen LogP contribution in [0.1, 0.15) is 83.5 Å². The van der Waals surface area contributed by atoms with Crippen molar-refractivity contribution >= 4 is 5.97 Å². The van der Waals surface area contributed by atoms with E-state index in [1.54, 1.807) is 0 Å². The zero-order chi connectivity index (χ0) is 28.4. The molecule has 1 aromatic rings. The second kappa shape index (κ2) is 15.3. The molecule has 0 amide bonds. The highest BCUT2D eigenvalue weighted by atomic mass is 16.8. The van der Waals surface area contributed by atoms with Crippen LogP contribution in [0.25, 0.3) is 0 Å². The van der Waals surface area contributed by atoms with Crippen LogP contribution in [-0.2, 0) is 23.7 Å². The number of unbranched alkanes of at least 4 members (excludes halogenated alkanes) is 1. The van der Waals surface area contributed by atoms with Gasteiger partial charge in [0.05, 0.1) is 12.2 Å². The maximum atomic E-state index is 11.2. The van der Waals surface area contributed by atoms with Crippen LogP contribution in [0.3, 0.4) is 0 Å². The number of hydrogen-bond donors (Lipinski definition) is 2. The van der Waals surface area contributed by atoms with E-state index >= 15 is 0 Å². The zero-order valence-electron chi connectivity index (χ0n) is 23.9. The lowest BCUT2D eigenvalue weighted by atomic mass is 9.86. The molecular weight excluding hydrogens is 528 g/mol. The molecule has 3 heterocycles. The number of allylic oxidation sites excluding steroid dienone is 2. The standard InChI is InChI=1S/C32H46O9/c33-24-21-28(39-31-16-8-10-20-37-31)23(22(24)11-3-1-2-4-14-29(34)35)17-18-27(38-30-15-7-9-19-36-30)32-40-25-12-5-6-13-26(25)41-32/h1,3,5-6,12-13,22-24,27-28,30-33H,2,4,7-11,14-21H2,(H,34,35)/b3-1-/t22-,23-,24+,27+,28-,30?,31?/m1/s1. The molecule has 9 nitrogen and oxygen atoms in total. The average molecular weight is 575 g/mol. The van der Waals surface area contributed by atoms with Gasteiger partial charge in [0.2, 0.25) is 0 Å². The van der Waals surface area contributed by atoms with E-state index in [-0.39, 0.29) is 43.0 Å². The van der Waals surface area contributed by atoms with Gasteiger partial charge >= 0.3 is 5.97 Å². The molecule has 1 aromatic carbocycles. The van der Waals surface area contributed by atoms with Gasteiger partial charge in [0, 0.05) is 26.1 Å². The molecule has 228 valence electrons. The summed E-state index contributed by atoms with van der Waals surface area (Å²) in [6, 6.07) is 7.67. The van der Waals surface area contributed by atoms with E-state index in [4.69, 9.17) is 33.5 Å². The molecule has 41 heavy (non-hydrogen) atoms. The van der Waals surface area contributed by atoms with Crippen molar-refractivity contribution in [2.75, 3.05) is 13.2 Å². The number of benzene rings is 1. The van der Waals surface area contributed by atoms with Gasteiger partial charge in [0.1, 0.15) is 6.10 Å². The first kappa shape index (κ1) is 30.3. The van der Waals surface area contributed by atoms with Crippen molar-refractivity contribution in [3.63, 3.8) is 0 Å². The number of carboxylic acids is 1. The van der Waals surface area contributed by atoms with Crippen molar-refractivity contribution in [1.82, 2.24) is 0 Å². The highest BCUT2D eigenvalue weighted by Crippen LogP contribution is 2.43. The number of carboxylic acid groups (broad SMARTS) is 1. The smallest absolute Gasteiger partial charge is 0.303 e. The molecule has 0 radical (unpaired) electrons. The van der Waals surface area contributed by atoms with Crippen molar-refractivity contribution in [2.24, 2.45) is 11.8 Å². The van der Waals surface area contributed by atoms with Gasteiger partial charge < -0.3 is 38.6 Å². The number of hydrogen-bond acceptors (Lipinski definition) is 8. The van der Waals surface area contributed by atoms with Crippen LogP contribution in [0.5, 0.6) is 11.5 Å². The number of aliphatic carboxylic acids is 1. The van der Waals surface area contributed by atoms with E-state index in [2.05, 4.69) is 6.08 Å². The van der Waals surface area contributed by atoms with Crippen LogP contribution < -0.4 is 9.47 Å². The number of para-hydroxylation sites is 2. The Balaban J connectivity index is 1.26. The fraction of sp³-hybridized carbons (Fsp3) is 0.719. The van der Waals surface area contributed by atoms with Gasteiger partial charge in [-0.2, -0.15) is 0 Å². The topological polar surface area (TPSA) is 113 Å². The summed E-state index contributed by atoms with van der Waals surface area (Å²) in [5, 5.41) is 20.1. The molecule has 0 bridgehead atoms. The van der Waals surface area contributed by atoms with E-state index in [1.807, 2.05) is 30.3 Å². The Bertz CT molecular complexity index is 947. The molecule has 3 fully saturated rings. The van der Waals surface area contributed by atoms with Crippen LogP contribution in [0.4, 0.5) is 0 Å². The molecule has 5 rings (SSSR count). The third kappa shape index (κ3) is 8.67. The van der Waals surface area contributed by atoms with Gasteiger partial charge in [-0.05, 0) is 94.6 Å². The SMILES string of the molecule is O=C(O)CCC/C=C\C[C@@H]1[C@@H](CC[C@H](OC2CCCCO2)C2Oc3ccccc3O2)[C@H](OC2CCCCO2)C[C@@H]1O. The van der Waals surface area contributed by atoms with Crippen LogP contribution in [0.15, 0.2) is 36.4 Å². The predicted molar refractivity (Wildman–Crippen MR) is 150 cm³/mol. The molecule has 3 aliphatic heterocycles. The minimum Gasteiger partial charge on any atom is -0.481 e. The van der Waals surface area contributed by atoms with Crippen molar-refractivity contribution in [3.8, 4) is 11.5 Å². The summed E-state index contributed by atoms with van der Waals surface area (Å²) >= 11 is 0. The minimum atomic E-state index is -0.775. The largest absolute Gasteiger partial charge is 0.481 e. The minimum absolute atomic E-state index is 0.0218. The van der Waals surface area contributed by atoms with Crippen molar-refractivity contribution in [2.45, 2.75) is 121 Å². The highest BCUT2D eigenvalue weighted by Gasteiger charge is 2.45. The lowest BCUT2D eigenvalue weighted by Gasteiger charge is -2.33. The predicted octanol–water partition coefficient (Wildman–Crippen LogP) is 5.59. The summed E-state index contributed by atoms with van der Waals surface area (Å²) in [6.45, 7) is 1.40. The number of aliphatic hydroxyl groups is 1. The third-order valence-corrected chi connectivity index (χ3v) is 8.68. The molecule has 0 aromatic heterocycles. The van der Waals surface area contributed by atoms with E-state index in [1.165, 1.54) is 0 Å². The van der Waals surface area contributed by atoms with Gasteiger partial charge in [-0.1, -0.05) is 24.3 Å². The highest BCUT2D eigenvalue weighted by molar-refractivity contribution is 5.66. The molecule has 1 aliphatic carbocycles. The van der Waals surface area contributed by atoms with Crippen LogP contribution in [0, 0.1) is 11.8 Å². The number of aliphatic hydroxyl groups excluding tert-OH is 1. The second-order valence-corrected chi connectivity index (χ2v) is 11.7. The maximum absolute atomic E-state index is 11.2. The van der Waals surface area contributed by atoms with Gasteiger partial charge in [-0.25, -0.2) is 0 Å². The normalized spacial score (nSPS) is 31.0. The van der Waals surface area contributed by atoms with E-state index < -0.39 is 18.4 Å². The number of carbonyl (C=O) groups is 1. The molecule has 2 saturated heterocycles. The van der Waals surface area contributed by atoms with Crippen LogP contribution >= 0.6 is 0 Å². The Morgan fingerprint density at radius 2 is 1.68 bits per heavy atom. The van der Waals surface area contributed by atoms with Crippen molar-refractivity contribution in [3.05, 3.63) is 36.4 Å². The Labute approximate surface area is 243 Å². The lowest BCUT2D eigenvalue weighted by molar-refractivity contribution is -0.225. The average Bonchev–Trinajstić information content (AvgIpc) is 3.54. The van der Waals surface area contributed by atoms with Crippen molar-refractivity contribution < 1.29 is 43.4 Å². The van der Waals surface area contributed by atoms with Gasteiger partial charge in [-0.3, -0.25) is 4.79 Å². The molecule has 0 spiro atoms. The molecule has 2 N–H and O–H groups in total. The summed E-state index contributed by atoms with van der Waals surface area (Å²) in [7, 11) is 0. The monoisotopic (exact) mass is 574 g/mol. The molecule has 7 atom stereocenters. The first-order valence-corrected chi connectivity index (χ1v) is 15.6. The summed E-state index contributed by atoms with van der Waals surface area (Å²) < 4.78 is 37.2. The van der Waals surface area contributed by atoms with E-state index in [0.29, 0.717) is 56.8 Å². The first-order chi connectivity index (χ1) is 20.1. The Kier molecular flexibility index (Phi) is 11.3. The maximum Gasteiger partial charge on any atom is 0.303 e. The first-order valence-electron chi connectivity index (χ1n) is 15.6. The van der Waals surface area contributed by atoms with Crippen LogP contribution in [0.2, 0.25) is 0 Å². The molecule has 1 saturated carbocycles. The summed E-state index contributed by atoms with van der Waals surface area (Å²) in [5.74, 6) is 0.778. The molecule has 2 unspecified atom stereocenters. The molecular formula is C32H46O9. The summed E-state index contributed by atoms with van der Waals surface area (Å²) in [5.41, 5.74) is 0. The Morgan fingerprint density at radius 1 is 0.976 bits per heavy atom. The fourth-order valence-corrected chi connectivity index (χ4v) is 6.50. The molecule has 9 heteroatoms. The Hall–Kier alpha value is -2.17. The molecule has 4 aliphatic rings. The lowest BCUT2D eigenvalue weighted by Crippen LogP contribution is -2.41. The Morgan fingerprint density at radius 3 is 2.34 bits per heavy atom. The number of rotatable bonds is 14. The third-order valence-electron chi connectivity index (χ3n) is 8.68. The second-order valence-electron chi connectivity index (χ2n) is 11.7. The fourth-order valence-electron chi connectivity index (χ4n) is 6.50. The zero-order valence-corrected chi connectivity index (χ0v) is 23.9. The van der Waals surface area contributed by atoms with E-state index in [9.17, 15) is 9.90 Å². The number of ether oxygens (including phenoxy) is 6. The van der Waals surface area contributed by atoms with Gasteiger partial charge in [0.15, 0.2) is 24.1 Å². The summed E-state index contributed by atoms with van der Waals surface area (Å²) in [4.78, 5) is 10.8. The van der Waals surface area contributed by atoms with E-state index in [0.717, 1.165) is 44.9 Å². The van der Waals surface area contributed by atoms with Crippen molar-refractivity contribution in [1.29, 1.82) is 0 Å². The summed E-state index contributed by atoms with van der Waals surface area (Å²) in [6.07, 6.45) is 12.3.